The van der Waals surface area contributed by atoms with Gasteiger partial charge in [-0.2, -0.15) is 0 Å². The number of aromatic nitrogens is 2. The lowest BCUT2D eigenvalue weighted by atomic mass is 10.3. The van der Waals surface area contributed by atoms with Gasteiger partial charge in [-0.05, 0) is 32.4 Å². The Morgan fingerprint density at radius 2 is 2.00 bits per heavy atom. The van der Waals surface area contributed by atoms with Crippen LogP contribution in [0.1, 0.15) is 26.1 Å². The number of ether oxygens (including phenoxy) is 1. The highest BCUT2D eigenvalue weighted by Crippen LogP contribution is 2.17. The van der Waals surface area contributed by atoms with E-state index < -0.39 is 0 Å². The first-order chi connectivity index (χ1) is 12.0. The van der Waals surface area contributed by atoms with Crippen molar-refractivity contribution in [3.63, 3.8) is 0 Å². The second-order valence-electron chi connectivity index (χ2n) is 6.21. The van der Waals surface area contributed by atoms with E-state index in [1.54, 1.807) is 0 Å². The number of nitrogens with zero attached hydrogens (tertiary/aromatic N) is 2. The van der Waals surface area contributed by atoms with Crippen molar-refractivity contribution in [2.45, 2.75) is 39.3 Å². The van der Waals surface area contributed by atoms with E-state index in [4.69, 9.17) is 4.74 Å². The molecule has 7 heteroatoms. The number of imidazole rings is 1. The molecule has 0 unspecified atom stereocenters. The molecule has 25 heavy (non-hydrogen) atoms. The molecule has 0 fully saturated rings. The predicted octanol–water partition coefficient (Wildman–Crippen LogP) is 1.26. The van der Waals surface area contributed by atoms with Gasteiger partial charge in [-0.25, -0.2) is 4.98 Å². The van der Waals surface area contributed by atoms with Crippen LogP contribution >= 0.6 is 0 Å². The van der Waals surface area contributed by atoms with E-state index in [2.05, 4.69) is 15.6 Å². The standard InChI is InChI=1S/C18H26N4O3/c1-13(2)20-17(23)11-22-15-8-5-4-7-14(15)21-16(22)9-6-10-19-18(24)12-25-3/h4-5,7-8,13H,6,9-12H2,1-3H3,(H,19,24)(H,20,23). The first-order valence-corrected chi connectivity index (χ1v) is 8.50. The van der Waals surface area contributed by atoms with Crippen LogP contribution in [0.25, 0.3) is 11.0 Å². The minimum atomic E-state index is -0.132. The first-order valence-electron chi connectivity index (χ1n) is 8.50. The highest BCUT2D eigenvalue weighted by atomic mass is 16.5. The number of hydrogen-bond acceptors (Lipinski definition) is 4. The molecule has 2 N–H and O–H groups in total. The van der Waals surface area contributed by atoms with E-state index >= 15 is 0 Å². The van der Waals surface area contributed by atoms with E-state index in [0.29, 0.717) is 13.0 Å². The summed E-state index contributed by atoms with van der Waals surface area (Å²) in [5.74, 6) is 0.682. The Balaban J connectivity index is 2.06. The monoisotopic (exact) mass is 346 g/mol. The molecule has 2 amide bonds. The van der Waals surface area contributed by atoms with Gasteiger partial charge in [-0.15, -0.1) is 0 Å². The van der Waals surface area contributed by atoms with Crippen molar-refractivity contribution in [1.29, 1.82) is 0 Å². The van der Waals surface area contributed by atoms with E-state index in [-0.39, 0.29) is 31.0 Å². The summed E-state index contributed by atoms with van der Waals surface area (Å²) in [6.07, 6.45) is 1.42. The molecule has 7 nitrogen and oxygen atoms in total. The van der Waals surface area contributed by atoms with Crippen LogP contribution in [0.2, 0.25) is 0 Å². The average molecular weight is 346 g/mol. The van der Waals surface area contributed by atoms with Crippen LogP contribution in [0.15, 0.2) is 24.3 Å². The minimum absolute atomic E-state index is 0.0344. The summed E-state index contributed by atoms with van der Waals surface area (Å²) in [6.45, 7) is 4.72. The number of hydrogen-bond donors (Lipinski definition) is 2. The normalized spacial score (nSPS) is 11.0. The van der Waals surface area contributed by atoms with Gasteiger partial charge >= 0.3 is 0 Å². The number of amides is 2. The van der Waals surface area contributed by atoms with Crippen molar-refractivity contribution in [2.75, 3.05) is 20.3 Å². The van der Waals surface area contributed by atoms with Crippen molar-refractivity contribution in [2.24, 2.45) is 0 Å². The van der Waals surface area contributed by atoms with Crippen LogP contribution in [0, 0.1) is 0 Å². The van der Waals surface area contributed by atoms with E-state index in [9.17, 15) is 9.59 Å². The molecule has 0 aliphatic heterocycles. The lowest BCUT2D eigenvalue weighted by molar-refractivity contribution is -0.124. The Morgan fingerprint density at radius 1 is 1.24 bits per heavy atom. The zero-order chi connectivity index (χ0) is 18.2. The maximum atomic E-state index is 12.2. The van der Waals surface area contributed by atoms with E-state index in [0.717, 1.165) is 23.3 Å². The van der Waals surface area contributed by atoms with Crippen LogP contribution in [-0.2, 0) is 27.3 Å². The van der Waals surface area contributed by atoms with Gasteiger partial charge in [0.1, 0.15) is 19.0 Å². The molecule has 1 aromatic heterocycles. The third kappa shape index (κ3) is 5.56. The van der Waals surface area contributed by atoms with Crippen LogP contribution in [0.4, 0.5) is 0 Å². The van der Waals surface area contributed by atoms with Gasteiger partial charge in [0.05, 0.1) is 11.0 Å². The average Bonchev–Trinajstić information content (AvgIpc) is 2.89. The molecule has 0 radical (unpaired) electrons. The van der Waals surface area contributed by atoms with Gasteiger partial charge in [-0.3, -0.25) is 9.59 Å². The summed E-state index contributed by atoms with van der Waals surface area (Å²) >= 11 is 0. The van der Waals surface area contributed by atoms with Crippen molar-refractivity contribution >= 4 is 22.8 Å². The second-order valence-corrected chi connectivity index (χ2v) is 6.21. The number of para-hydroxylation sites is 2. The molecule has 0 aliphatic carbocycles. The van der Waals surface area contributed by atoms with Crippen molar-refractivity contribution in [3.05, 3.63) is 30.1 Å². The summed E-state index contributed by atoms with van der Waals surface area (Å²) in [5.41, 5.74) is 1.82. The Labute approximate surface area is 147 Å². The molecule has 1 aromatic carbocycles. The lowest BCUT2D eigenvalue weighted by Crippen LogP contribution is -2.33. The summed E-state index contributed by atoms with van der Waals surface area (Å²) in [7, 11) is 1.49. The van der Waals surface area contributed by atoms with Crippen molar-refractivity contribution < 1.29 is 14.3 Å². The molecular formula is C18H26N4O3. The minimum Gasteiger partial charge on any atom is -0.375 e. The molecule has 2 aromatic rings. The lowest BCUT2D eigenvalue weighted by Gasteiger charge is -2.12. The Bertz CT molecular complexity index is 724. The number of benzene rings is 1. The van der Waals surface area contributed by atoms with Gasteiger partial charge in [0.15, 0.2) is 0 Å². The van der Waals surface area contributed by atoms with E-state index in [1.165, 1.54) is 7.11 Å². The molecule has 2 rings (SSSR count). The smallest absolute Gasteiger partial charge is 0.245 e. The fourth-order valence-corrected chi connectivity index (χ4v) is 2.66. The SMILES string of the molecule is COCC(=O)NCCCc1nc2ccccc2n1CC(=O)NC(C)C. The van der Waals surface area contributed by atoms with Crippen LogP contribution in [0.3, 0.4) is 0 Å². The van der Waals surface area contributed by atoms with Gasteiger partial charge in [0.25, 0.3) is 0 Å². The van der Waals surface area contributed by atoms with Crippen LogP contribution in [-0.4, -0.2) is 47.7 Å². The zero-order valence-electron chi connectivity index (χ0n) is 15.0. The third-order valence-electron chi connectivity index (χ3n) is 3.66. The summed E-state index contributed by atoms with van der Waals surface area (Å²) in [5, 5.41) is 5.70. The highest BCUT2D eigenvalue weighted by Gasteiger charge is 2.14. The number of fused-ring (bicyclic) bond motifs is 1. The number of carbonyl (C=O) groups excluding carboxylic acids is 2. The number of rotatable bonds is 9. The fraction of sp³-hybridized carbons (Fsp3) is 0.500. The first kappa shape index (κ1) is 18.9. The predicted molar refractivity (Wildman–Crippen MR) is 96.2 cm³/mol. The zero-order valence-corrected chi connectivity index (χ0v) is 15.0. The molecule has 0 aliphatic rings. The number of aryl methyl sites for hydroxylation is 1. The van der Waals surface area contributed by atoms with Gasteiger partial charge < -0.3 is 19.9 Å². The summed E-state index contributed by atoms with van der Waals surface area (Å²) in [6, 6.07) is 7.88. The largest absolute Gasteiger partial charge is 0.375 e. The van der Waals surface area contributed by atoms with Gasteiger partial charge in [0, 0.05) is 26.1 Å². The van der Waals surface area contributed by atoms with Crippen LogP contribution < -0.4 is 10.6 Å². The molecule has 0 saturated heterocycles. The Kier molecular flexibility index (Phi) is 6.94. The molecule has 1 heterocycles. The van der Waals surface area contributed by atoms with Crippen LogP contribution in [0.5, 0.6) is 0 Å². The molecule has 136 valence electrons. The van der Waals surface area contributed by atoms with Gasteiger partial charge in [-0.1, -0.05) is 12.1 Å². The molecule has 0 bridgehead atoms. The quantitative estimate of drug-likeness (QED) is 0.669. The maximum Gasteiger partial charge on any atom is 0.245 e. The van der Waals surface area contributed by atoms with Gasteiger partial charge in [0.2, 0.25) is 11.8 Å². The molecule has 0 saturated carbocycles. The summed E-state index contributed by atoms with van der Waals surface area (Å²) in [4.78, 5) is 28.2. The number of methoxy groups -OCH3 is 1. The van der Waals surface area contributed by atoms with E-state index in [1.807, 2.05) is 42.7 Å². The second kappa shape index (κ2) is 9.17. The fourth-order valence-electron chi connectivity index (χ4n) is 2.66. The molecule has 0 atom stereocenters. The molecule has 0 spiro atoms. The maximum absolute atomic E-state index is 12.2. The Morgan fingerprint density at radius 3 is 2.72 bits per heavy atom. The third-order valence-corrected chi connectivity index (χ3v) is 3.66. The number of nitrogens with one attached hydrogen (secondary N) is 2. The van der Waals surface area contributed by atoms with Crippen molar-refractivity contribution in [1.82, 2.24) is 20.2 Å². The summed E-state index contributed by atoms with van der Waals surface area (Å²) < 4.78 is 6.73. The van der Waals surface area contributed by atoms with Crippen molar-refractivity contribution in [3.8, 4) is 0 Å². The topological polar surface area (TPSA) is 85.2 Å². The number of carbonyl (C=O) groups is 2. The Hall–Kier alpha value is -2.41. The molecular weight excluding hydrogens is 320 g/mol. The highest BCUT2D eigenvalue weighted by molar-refractivity contribution is 5.81.